The van der Waals surface area contributed by atoms with Crippen LogP contribution in [0.5, 0.6) is 5.88 Å². The number of hydrogen-bond acceptors (Lipinski definition) is 6. The first-order valence-electron chi connectivity index (χ1n) is 5.22. The third kappa shape index (κ3) is 3.13. The Morgan fingerprint density at radius 1 is 1.35 bits per heavy atom. The number of methoxy groups -OCH3 is 1. The van der Waals surface area contributed by atoms with Crippen LogP contribution >= 0.6 is 11.3 Å². The van der Waals surface area contributed by atoms with E-state index in [-0.39, 0.29) is 0 Å². The van der Waals surface area contributed by atoms with Gasteiger partial charge in [0.1, 0.15) is 11.6 Å². The van der Waals surface area contributed by atoms with Gasteiger partial charge < -0.3 is 10.1 Å². The predicted octanol–water partition coefficient (Wildman–Crippen LogP) is 2.17. The van der Waals surface area contributed by atoms with E-state index in [2.05, 4.69) is 20.3 Å². The largest absolute Gasteiger partial charge is 0.481 e. The molecule has 5 nitrogen and oxygen atoms in total. The van der Waals surface area contributed by atoms with E-state index in [0.717, 1.165) is 10.8 Å². The number of anilines is 1. The first-order valence-corrected chi connectivity index (χ1v) is 6.04. The standard InChI is InChI=1S/C11H14N4OS/c1-7-14-10(4-11(15-7)16-3)13-6-9-5-12-8(2)17-9/h4-5H,6H2,1-3H3,(H,13,14,15). The van der Waals surface area contributed by atoms with Crippen LogP contribution in [0.25, 0.3) is 0 Å². The molecule has 0 bridgehead atoms. The van der Waals surface area contributed by atoms with E-state index < -0.39 is 0 Å². The Labute approximate surface area is 104 Å². The summed E-state index contributed by atoms with van der Waals surface area (Å²) in [6.45, 7) is 4.54. The van der Waals surface area contributed by atoms with Gasteiger partial charge in [-0.1, -0.05) is 0 Å². The Hall–Kier alpha value is -1.69. The van der Waals surface area contributed by atoms with Gasteiger partial charge in [0.25, 0.3) is 0 Å². The molecule has 0 fully saturated rings. The lowest BCUT2D eigenvalue weighted by Gasteiger charge is -2.06. The fourth-order valence-corrected chi connectivity index (χ4v) is 2.13. The lowest BCUT2D eigenvalue weighted by atomic mass is 10.4. The van der Waals surface area contributed by atoms with E-state index in [1.807, 2.05) is 20.0 Å². The van der Waals surface area contributed by atoms with Gasteiger partial charge in [0, 0.05) is 17.1 Å². The number of hydrogen-bond donors (Lipinski definition) is 1. The van der Waals surface area contributed by atoms with Crippen molar-refractivity contribution in [2.45, 2.75) is 20.4 Å². The predicted molar refractivity (Wildman–Crippen MR) is 67.5 cm³/mol. The lowest BCUT2D eigenvalue weighted by molar-refractivity contribution is 0.396. The summed E-state index contributed by atoms with van der Waals surface area (Å²) in [6.07, 6.45) is 1.87. The number of ether oxygens (including phenoxy) is 1. The highest BCUT2D eigenvalue weighted by Gasteiger charge is 2.03. The lowest BCUT2D eigenvalue weighted by Crippen LogP contribution is -2.03. The van der Waals surface area contributed by atoms with Gasteiger partial charge >= 0.3 is 0 Å². The monoisotopic (exact) mass is 250 g/mol. The van der Waals surface area contributed by atoms with E-state index >= 15 is 0 Å². The quantitative estimate of drug-likeness (QED) is 0.901. The number of thiazole rings is 1. The van der Waals surface area contributed by atoms with Crippen molar-refractivity contribution in [3.05, 3.63) is 28.0 Å². The molecule has 0 unspecified atom stereocenters. The molecule has 0 atom stereocenters. The van der Waals surface area contributed by atoms with Crippen molar-refractivity contribution < 1.29 is 4.74 Å². The fourth-order valence-electron chi connectivity index (χ4n) is 1.40. The van der Waals surface area contributed by atoms with Gasteiger partial charge in [0.05, 0.1) is 18.7 Å². The number of aromatic nitrogens is 3. The molecule has 1 N–H and O–H groups in total. The maximum atomic E-state index is 5.09. The van der Waals surface area contributed by atoms with E-state index in [4.69, 9.17) is 4.74 Å². The Kier molecular flexibility index (Phi) is 3.53. The smallest absolute Gasteiger partial charge is 0.218 e. The summed E-state index contributed by atoms with van der Waals surface area (Å²) in [4.78, 5) is 13.8. The molecule has 2 rings (SSSR count). The number of rotatable bonds is 4. The van der Waals surface area contributed by atoms with Crippen molar-refractivity contribution in [3.63, 3.8) is 0 Å². The summed E-state index contributed by atoms with van der Waals surface area (Å²) in [5, 5.41) is 4.30. The number of aryl methyl sites for hydroxylation is 2. The van der Waals surface area contributed by atoms with Gasteiger partial charge in [0.2, 0.25) is 5.88 Å². The summed E-state index contributed by atoms with van der Waals surface area (Å²) in [5.41, 5.74) is 0. The van der Waals surface area contributed by atoms with Crippen LogP contribution in [0.1, 0.15) is 15.7 Å². The van der Waals surface area contributed by atoms with Crippen LogP contribution < -0.4 is 10.1 Å². The van der Waals surface area contributed by atoms with Crippen LogP contribution in [-0.4, -0.2) is 22.1 Å². The minimum Gasteiger partial charge on any atom is -0.481 e. The number of nitrogens with one attached hydrogen (secondary N) is 1. The maximum Gasteiger partial charge on any atom is 0.218 e. The molecule has 0 amide bonds. The van der Waals surface area contributed by atoms with Gasteiger partial charge in [-0.05, 0) is 13.8 Å². The van der Waals surface area contributed by atoms with Crippen LogP contribution in [0, 0.1) is 13.8 Å². The molecule has 2 heterocycles. The number of nitrogens with zero attached hydrogens (tertiary/aromatic N) is 3. The summed E-state index contributed by atoms with van der Waals surface area (Å²) >= 11 is 1.67. The molecular formula is C11H14N4OS. The second-order valence-corrected chi connectivity index (χ2v) is 4.86. The van der Waals surface area contributed by atoms with Crippen molar-refractivity contribution in [2.75, 3.05) is 12.4 Å². The molecule has 90 valence electrons. The van der Waals surface area contributed by atoms with Gasteiger partial charge in [-0.2, -0.15) is 4.98 Å². The Balaban J connectivity index is 2.05. The molecule has 2 aromatic rings. The molecule has 0 spiro atoms. The molecular weight excluding hydrogens is 236 g/mol. The first-order chi connectivity index (χ1) is 8.17. The average Bonchev–Trinajstić information content (AvgIpc) is 2.72. The average molecular weight is 250 g/mol. The summed E-state index contributed by atoms with van der Waals surface area (Å²) < 4.78 is 5.09. The zero-order chi connectivity index (χ0) is 12.3. The van der Waals surface area contributed by atoms with Crippen LogP contribution in [0.3, 0.4) is 0 Å². The van der Waals surface area contributed by atoms with Crippen LogP contribution in [0.15, 0.2) is 12.3 Å². The second kappa shape index (κ2) is 5.09. The van der Waals surface area contributed by atoms with Crippen LogP contribution in [-0.2, 0) is 6.54 Å². The molecule has 6 heteroatoms. The van der Waals surface area contributed by atoms with Crippen molar-refractivity contribution in [2.24, 2.45) is 0 Å². The van der Waals surface area contributed by atoms with Crippen LogP contribution in [0.4, 0.5) is 5.82 Å². The third-order valence-electron chi connectivity index (χ3n) is 2.14. The van der Waals surface area contributed by atoms with Crippen LogP contribution in [0.2, 0.25) is 0 Å². The normalized spacial score (nSPS) is 10.3. The highest BCUT2D eigenvalue weighted by molar-refractivity contribution is 7.11. The first kappa shape index (κ1) is 11.8. The van der Waals surface area contributed by atoms with Gasteiger partial charge in [0.15, 0.2) is 0 Å². The highest BCUT2D eigenvalue weighted by Crippen LogP contribution is 2.16. The third-order valence-corrected chi connectivity index (χ3v) is 3.05. The van der Waals surface area contributed by atoms with E-state index in [1.165, 1.54) is 4.88 Å². The summed E-state index contributed by atoms with van der Waals surface area (Å²) in [5.74, 6) is 2.02. The molecule has 0 saturated heterocycles. The molecule has 0 aliphatic carbocycles. The molecule has 0 aromatic carbocycles. The maximum absolute atomic E-state index is 5.09. The fraction of sp³-hybridized carbons (Fsp3) is 0.364. The molecule has 0 radical (unpaired) electrons. The second-order valence-electron chi connectivity index (χ2n) is 3.54. The minimum atomic E-state index is 0.570. The molecule has 2 aromatic heterocycles. The van der Waals surface area contributed by atoms with E-state index in [0.29, 0.717) is 18.2 Å². The van der Waals surface area contributed by atoms with Crippen molar-refractivity contribution >= 4 is 17.2 Å². The van der Waals surface area contributed by atoms with Gasteiger partial charge in [-0.15, -0.1) is 11.3 Å². The minimum absolute atomic E-state index is 0.570. The Morgan fingerprint density at radius 2 is 2.18 bits per heavy atom. The topological polar surface area (TPSA) is 59.9 Å². The van der Waals surface area contributed by atoms with Gasteiger partial charge in [-0.25, -0.2) is 9.97 Å². The molecule has 0 aliphatic heterocycles. The van der Waals surface area contributed by atoms with Crippen molar-refractivity contribution in [3.8, 4) is 5.88 Å². The van der Waals surface area contributed by atoms with E-state index in [1.54, 1.807) is 24.5 Å². The zero-order valence-corrected chi connectivity index (χ0v) is 10.8. The van der Waals surface area contributed by atoms with Crippen molar-refractivity contribution in [1.29, 1.82) is 0 Å². The Bertz CT molecular complexity index is 512. The van der Waals surface area contributed by atoms with Gasteiger partial charge in [-0.3, -0.25) is 0 Å². The molecule has 0 aliphatic rings. The Morgan fingerprint density at radius 3 is 2.82 bits per heavy atom. The summed E-state index contributed by atoms with van der Waals surface area (Å²) in [7, 11) is 1.60. The zero-order valence-electron chi connectivity index (χ0n) is 10.0. The summed E-state index contributed by atoms with van der Waals surface area (Å²) in [6, 6.07) is 1.78. The highest BCUT2D eigenvalue weighted by atomic mass is 32.1. The van der Waals surface area contributed by atoms with E-state index in [9.17, 15) is 0 Å². The molecule has 17 heavy (non-hydrogen) atoms. The van der Waals surface area contributed by atoms with Crippen molar-refractivity contribution in [1.82, 2.24) is 15.0 Å². The SMILES string of the molecule is COc1cc(NCc2cnc(C)s2)nc(C)n1. The molecule has 0 saturated carbocycles.